The second-order valence-electron chi connectivity index (χ2n) is 9.81. The summed E-state index contributed by atoms with van der Waals surface area (Å²) < 4.78 is 0. The maximum atomic E-state index is 5.04. The van der Waals surface area contributed by atoms with E-state index in [0.717, 1.165) is 27.8 Å². The lowest BCUT2D eigenvalue weighted by molar-refractivity contribution is 1.07. The number of benzene rings is 6. The topological polar surface area (TPSA) is 38.7 Å². The van der Waals surface area contributed by atoms with Gasteiger partial charge in [-0.05, 0) is 46.2 Å². The minimum absolute atomic E-state index is 0.660. The fourth-order valence-corrected chi connectivity index (χ4v) is 5.22. The number of hydrogen-bond donors (Lipinski definition) is 0. The first-order valence-corrected chi connectivity index (χ1v) is 13.1. The summed E-state index contributed by atoms with van der Waals surface area (Å²) in [6, 6.07) is 46.4. The number of nitrogens with zero attached hydrogens (tertiary/aromatic N) is 3. The molecule has 184 valence electrons. The van der Waals surface area contributed by atoms with Gasteiger partial charge in [0.25, 0.3) is 0 Å². The van der Waals surface area contributed by atoms with Gasteiger partial charge < -0.3 is 0 Å². The quantitative estimate of drug-likeness (QED) is 0.242. The van der Waals surface area contributed by atoms with Crippen molar-refractivity contribution in [2.24, 2.45) is 0 Å². The Labute approximate surface area is 227 Å². The van der Waals surface area contributed by atoms with Gasteiger partial charge in [0, 0.05) is 22.3 Å². The van der Waals surface area contributed by atoms with E-state index in [4.69, 9.17) is 15.0 Å². The Morgan fingerprint density at radius 3 is 1.69 bits per heavy atom. The second kappa shape index (κ2) is 9.62. The van der Waals surface area contributed by atoms with Crippen LogP contribution in [0, 0.1) is 6.92 Å². The molecule has 39 heavy (non-hydrogen) atoms. The third kappa shape index (κ3) is 4.34. The Morgan fingerprint density at radius 1 is 0.410 bits per heavy atom. The first kappa shape index (κ1) is 23.0. The highest BCUT2D eigenvalue weighted by Gasteiger charge is 2.18. The van der Waals surface area contributed by atoms with Gasteiger partial charge >= 0.3 is 0 Å². The zero-order valence-corrected chi connectivity index (χ0v) is 21.5. The van der Waals surface area contributed by atoms with Crippen LogP contribution in [0.5, 0.6) is 0 Å². The van der Waals surface area contributed by atoms with E-state index >= 15 is 0 Å². The Bertz CT molecular complexity index is 1900. The molecule has 3 heteroatoms. The molecule has 0 aliphatic carbocycles. The van der Waals surface area contributed by atoms with Gasteiger partial charge in [-0.2, -0.15) is 0 Å². The van der Waals surface area contributed by atoms with Gasteiger partial charge in [-0.1, -0.05) is 127 Å². The molecule has 0 amide bonds. The zero-order valence-electron chi connectivity index (χ0n) is 21.5. The van der Waals surface area contributed by atoms with Crippen molar-refractivity contribution in [2.75, 3.05) is 0 Å². The molecule has 0 saturated carbocycles. The molecular formula is C36H25N3. The monoisotopic (exact) mass is 499 g/mol. The normalized spacial score (nSPS) is 11.2. The average molecular weight is 500 g/mol. The Morgan fingerprint density at radius 2 is 0.974 bits per heavy atom. The van der Waals surface area contributed by atoms with Crippen LogP contribution in [0.1, 0.15) is 5.56 Å². The number of aryl methyl sites for hydroxylation is 1. The molecule has 0 bridgehead atoms. The Hall–Kier alpha value is -5.15. The highest BCUT2D eigenvalue weighted by molar-refractivity contribution is 6.05. The summed E-state index contributed by atoms with van der Waals surface area (Å²) in [5, 5.41) is 4.80. The fraction of sp³-hybridized carbons (Fsp3) is 0.0278. The first-order valence-electron chi connectivity index (χ1n) is 13.1. The molecule has 0 N–H and O–H groups in total. The maximum absolute atomic E-state index is 5.04. The average Bonchev–Trinajstić information content (AvgIpc) is 3.01. The standard InChI is InChI=1S/C36H25N3/c1-24-16-17-29-23-30(19-18-28(29)22-24)33-31-15-9-8-10-25(31)20-21-32(33)36-38-34(26-11-4-2-5-12-26)37-35(39-36)27-13-6-3-7-14-27/h2-23H,1H3. The van der Waals surface area contributed by atoms with Crippen LogP contribution < -0.4 is 0 Å². The number of fused-ring (bicyclic) bond motifs is 2. The van der Waals surface area contributed by atoms with Crippen molar-refractivity contribution in [3.05, 3.63) is 139 Å². The first-order chi connectivity index (χ1) is 19.2. The lowest BCUT2D eigenvalue weighted by Gasteiger charge is -2.15. The highest BCUT2D eigenvalue weighted by Crippen LogP contribution is 2.39. The van der Waals surface area contributed by atoms with Crippen LogP contribution in [0.4, 0.5) is 0 Å². The lowest BCUT2D eigenvalue weighted by atomic mass is 9.91. The smallest absolute Gasteiger partial charge is 0.164 e. The summed E-state index contributed by atoms with van der Waals surface area (Å²) in [7, 11) is 0. The van der Waals surface area contributed by atoms with Crippen molar-refractivity contribution in [2.45, 2.75) is 6.92 Å². The van der Waals surface area contributed by atoms with Crippen molar-refractivity contribution >= 4 is 21.5 Å². The summed E-state index contributed by atoms with van der Waals surface area (Å²) in [5.74, 6) is 1.98. The summed E-state index contributed by atoms with van der Waals surface area (Å²) >= 11 is 0. The van der Waals surface area contributed by atoms with Crippen LogP contribution in [0.3, 0.4) is 0 Å². The van der Waals surface area contributed by atoms with E-state index < -0.39 is 0 Å². The zero-order chi connectivity index (χ0) is 26.2. The van der Waals surface area contributed by atoms with Gasteiger partial charge in [0.1, 0.15) is 0 Å². The number of aromatic nitrogens is 3. The van der Waals surface area contributed by atoms with Crippen molar-refractivity contribution in [3.63, 3.8) is 0 Å². The summed E-state index contributed by atoms with van der Waals surface area (Å²) in [4.78, 5) is 15.0. The fourth-order valence-electron chi connectivity index (χ4n) is 5.22. The molecule has 0 unspecified atom stereocenters. The number of hydrogen-bond acceptors (Lipinski definition) is 3. The molecule has 0 aliphatic heterocycles. The molecule has 7 rings (SSSR count). The van der Waals surface area contributed by atoms with E-state index in [1.165, 1.54) is 27.1 Å². The van der Waals surface area contributed by atoms with Crippen LogP contribution in [-0.2, 0) is 0 Å². The van der Waals surface area contributed by atoms with E-state index in [1.807, 2.05) is 60.7 Å². The predicted octanol–water partition coefficient (Wildman–Crippen LogP) is 9.15. The molecule has 0 saturated heterocycles. The van der Waals surface area contributed by atoms with Gasteiger partial charge in [0.15, 0.2) is 17.5 Å². The van der Waals surface area contributed by atoms with Crippen molar-refractivity contribution in [1.82, 2.24) is 15.0 Å². The van der Waals surface area contributed by atoms with Crippen LogP contribution in [0.2, 0.25) is 0 Å². The predicted molar refractivity (Wildman–Crippen MR) is 161 cm³/mol. The van der Waals surface area contributed by atoms with Gasteiger partial charge in [0.2, 0.25) is 0 Å². The molecule has 3 nitrogen and oxygen atoms in total. The molecular weight excluding hydrogens is 474 g/mol. The van der Waals surface area contributed by atoms with E-state index in [-0.39, 0.29) is 0 Å². The van der Waals surface area contributed by atoms with E-state index in [2.05, 4.69) is 79.7 Å². The van der Waals surface area contributed by atoms with Crippen molar-refractivity contribution in [3.8, 4) is 45.3 Å². The van der Waals surface area contributed by atoms with Gasteiger partial charge in [-0.15, -0.1) is 0 Å². The van der Waals surface area contributed by atoms with E-state index in [1.54, 1.807) is 0 Å². The summed E-state index contributed by atoms with van der Waals surface area (Å²) in [6.45, 7) is 2.13. The maximum Gasteiger partial charge on any atom is 0.164 e. The second-order valence-corrected chi connectivity index (χ2v) is 9.81. The highest BCUT2D eigenvalue weighted by atomic mass is 15.0. The molecule has 1 aromatic heterocycles. The summed E-state index contributed by atoms with van der Waals surface area (Å²) in [6.07, 6.45) is 0. The molecule has 6 aromatic carbocycles. The Balaban J connectivity index is 1.52. The molecule has 0 fully saturated rings. The third-order valence-electron chi connectivity index (χ3n) is 7.15. The minimum Gasteiger partial charge on any atom is -0.208 e. The molecule has 0 radical (unpaired) electrons. The Kier molecular flexibility index (Phi) is 5.68. The SMILES string of the molecule is Cc1ccc2cc(-c3c(-c4nc(-c5ccccc5)nc(-c5ccccc5)n4)ccc4ccccc34)ccc2c1. The molecule has 7 aromatic rings. The van der Waals surface area contributed by atoms with Crippen molar-refractivity contribution in [1.29, 1.82) is 0 Å². The minimum atomic E-state index is 0.660. The number of rotatable bonds is 4. The van der Waals surface area contributed by atoms with Crippen molar-refractivity contribution < 1.29 is 0 Å². The van der Waals surface area contributed by atoms with Gasteiger partial charge in [-0.25, -0.2) is 15.0 Å². The van der Waals surface area contributed by atoms with Crippen LogP contribution in [0.25, 0.3) is 66.8 Å². The van der Waals surface area contributed by atoms with Crippen LogP contribution in [0.15, 0.2) is 133 Å². The van der Waals surface area contributed by atoms with Gasteiger partial charge in [0.05, 0.1) is 0 Å². The lowest BCUT2D eigenvalue weighted by Crippen LogP contribution is -2.01. The molecule has 1 heterocycles. The summed E-state index contributed by atoms with van der Waals surface area (Å²) in [5.41, 5.74) is 6.43. The van der Waals surface area contributed by atoms with Crippen LogP contribution in [-0.4, -0.2) is 15.0 Å². The largest absolute Gasteiger partial charge is 0.208 e. The molecule has 0 aliphatic rings. The third-order valence-corrected chi connectivity index (χ3v) is 7.15. The molecule has 0 spiro atoms. The van der Waals surface area contributed by atoms with E-state index in [0.29, 0.717) is 17.5 Å². The van der Waals surface area contributed by atoms with Gasteiger partial charge in [-0.3, -0.25) is 0 Å². The van der Waals surface area contributed by atoms with Crippen LogP contribution >= 0.6 is 0 Å². The van der Waals surface area contributed by atoms with E-state index in [9.17, 15) is 0 Å². The molecule has 0 atom stereocenters.